The van der Waals surface area contributed by atoms with Crippen LogP contribution in [0.1, 0.15) is 37.4 Å². The number of benzene rings is 1. The van der Waals surface area contributed by atoms with Crippen LogP contribution in [0.15, 0.2) is 28.1 Å². The Hall–Kier alpha value is -0.670. The molecule has 1 nitrogen and oxygen atoms in total. The second kappa shape index (κ2) is 5.32. The van der Waals surface area contributed by atoms with Crippen molar-refractivity contribution in [3.63, 3.8) is 0 Å². The number of thiazole rings is 1. The van der Waals surface area contributed by atoms with Crippen LogP contribution in [-0.2, 0) is 0 Å². The summed E-state index contributed by atoms with van der Waals surface area (Å²) >= 11 is 5.21. The van der Waals surface area contributed by atoms with E-state index >= 15 is 0 Å². The lowest BCUT2D eigenvalue weighted by molar-refractivity contribution is 0.734. The van der Waals surface area contributed by atoms with Crippen LogP contribution in [0.3, 0.4) is 0 Å². The van der Waals surface area contributed by atoms with Gasteiger partial charge in [0.1, 0.15) is 5.01 Å². The summed E-state index contributed by atoms with van der Waals surface area (Å²) in [6, 6.07) is 8.78. The molecule has 0 aliphatic carbocycles. The summed E-state index contributed by atoms with van der Waals surface area (Å²) in [7, 11) is 0. The van der Waals surface area contributed by atoms with Crippen LogP contribution in [-0.4, -0.2) is 4.98 Å². The number of hydrogen-bond donors (Lipinski definition) is 0. The quantitative estimate of drug-likeness (QED) is 0.740. The molecule has 1 atom stereocenters. The number of aromatic nitrogens is 1. The SMILES string of the molecule is CCC(C)c1ccc(-c2nc(C)c(Br)s2)cc1. The monoisotopic (exact) mass is 309 g/mol. The molecule has 3 heteroatoms. The predicted molar refractivity (Wildman–Crippen MR) is 78.7 cm³/mol. The van der Waals surface area contributed by atoms with Crippen molar-refractivity contribution in [3.05, 3.63) is 39.3 Å². The summed E-state index contributed by atoms with van der Waals surface area (Å²) in [5.41, 5.74) is 3.68. The average molecular weight is 310 g/mol. The van der Waals surface area contributed by atoms with Gasteiger partial charge in [-0.3, -0.25) is 0 Å². The van der Waals surface area contributed by atoms with Gasteiger partial charge in [-0.1, -0.05) is 38.1 Å². The second-order valence-electron chi connectivity index (χ2n) is 4.31. The van der Waals surface area contributed by atoms with E-state index in [1.54, 1.807) is 11.3 Å². The minimum atomic E-state index is 0.633. The largest absolute Gasteiger partial charge is 0.240 e. The van der Waals surface area contributed by atoms with Crippen molar-refractivity contribution < 1.29 is 0 Å². The van der Waals surface area contributed by atoms with E-state index in [1.165, 1.54) is 17.5 Å². The minimum absolute atomic E-state index is 0.633. The third-order valence-corrected chi connectivity index (χ3v) is 5.13. The van der Waals surface area contributed by atoms with E-state index in [0.717, 1.165) is 14.5 Å². The first kappa shape index (κ1) is 12.8. The van der Waals surface area contributed by atoms with E-state index in [2.05, 4.69) is 59.0 Å². The fraction of sp³-hybridized carbons (Fsp3) is 0.357. The predicted octanol–water partition coefficient (Wildman–Crippen LogP) is 5.39. The Morgan fingerprint density at radius 2 is 1.94 bits per heavy atom. The first-order valence-electron chi connectivity index (χ1n) is 5.85. The standard InChI is InChI=1S/C14H16BrNS/c1-4-9(2)11-5-7-12(8-6-11)14-16-10(3)13(15)17-14/h5-9H,4H2,1-3H3. The maximum atomic E-state index is 4.55. The Morgan fingerprint density at radius 3 is 2.41 bits per heavy atom. The van der Waals surface area contributed by atoms with Crippen LogP contribution in [0.5, 0.6) is 0 Å². The molecular formula is C14H16BrNS. The summed E-state index contributed by atoms with van der Waals surface area (Å²) < 4.78 is 1.12. The lowest BCUT2D eigenvalue weighted by Gasteiger charge is -2.08. The molecule has 17 heavy (non-hydrogen) atoms. The summed E-state index contributed by atoms with van der Waals surface area (Å²) in [6.07, 6.45) is 1.18. The molecule has 1 heterocycles. The molecule has 2 aromatic rings. The Labute approximate surface area is 115 Å². The van der Waals surface area contributed by atoms with Crippen molar-refractivity contribution in [2.45, 2.75) is 33.1 Å². The van der Waals surface area contributed by atoms with Crippen molar-refractivity contribution >= 4 is 27.3 Å². The Morgan fingerprint density at radius 1 is 1.29 bits per heavy atom. The highest BCUT2D eigenvalue weighted by Gasteiger charge is 2.08. The topological polar surface area (TPSA) is 12.9 Å². The van der Waals surface area contributed by atoms with Crippen LogP contribution in [0.4, 0.5) is 0 Å². The van der Waals surface area contributed by atoms with E-state index in [0.29, 0.717) is 5.92 Å². The average Bonchev–Trinajstić information content (AvgIpc) is 2.69. The molecule has 0 saturated heterocycles. The van der Waals surface area contributed by atoms with Crippen molar-refractivity contribution in [1.82, 2.24) is 4.98 Å². The Balaban J connectivity index is 2.29. The van der Waals surface area contributed by atoms with Crippen LogP contribution >= 0.6 is 27.3 Å². The summed E-state index contributed by atoms with van der Waals surface area (Å²) in [6.45, 7) is 6.51. The van der Waals surface area contributed by atoms with Gasteiger partial charge in [-0.2, -0.15) is 0 Å². The van der Waals surface area contributed by atoms with Gasteiger partial charge in [0.15, 0.2) is 0 Å². The Kier molecular flexibility index (Phi) is 4.00. The van der Waals surface area contributed by atoms with Crippen LogP contribution < -0.4 is 0 Å². The fourth-order valence-corrected chi connectivity index (χ4v) is 3.04. The molecule has 90 valence electrons. The third-order valence-electron chi connectivity index (χ3n) is 3.08. The van der Waals surface area contributed by atoms with Crippen LogP contribution in [0, 0.1) is 6.92 Å². The molecule has 0 aliphatic heterocycles. The zero-order chi connectivity index (χ0) is 12.4. The smallest absolute Gasteiger partial charge is 0.124 e. The summed E-state index contributed by atoms with van der Waals surface area (Å²) in [5, 5.41) is 1.09. The van der Waals surface area contributed by atoms with Crippen molar-refractivity contribution in [2.75, 3.05) is 0 Å². The first-order chi connectivity index (χ1) is 8.11. The number of nitrogens with zero attached hydrogens (tertiary/aromatic N) is 1. The molecule has 2 rings (SSSR count). The molecule has 0 amide bonds. The maximum Gasteiger partial charge on any atom is 0.124 e. The molecule has 0 N–H and O–H groups in total. The first-order valence-corrected chi connectivity index (χ1v) is 7.46. The highest BCUT2D eigenvalue weighted by molar-refractivity contribution is 9.11. The van der Waals surface area contributed by atoms with E-state index in [-0.39, 0.29) is 0 Å². The molecule has 0 aliphatic rings. The van der Waals surface area contributed by atoms with Crippen LogP contribution in [0.2, 0.25) is 0 Å². The normalized spacial score (nSPS) is 12.7. The van der Waals surface area contributed by atoms with E-state index in [4.69, 9.17) is 0 Å². The molecule has 0 fully saturated rings. The fourth-order valence-electron chi connectivity index (χ4n) is 1.69. The van der Waals surface area contributed by atoms with Gasteiger partial charge in [0, 0.05) is 5.56 Å². The zero-order valence-corrected chi connectivity index (χ0v) is 12.7. The van der Waals surface area contributed by atoms with E-state index < -0.39 is 0 Å². The van der Waals surface area contributed by atoms with Gasteiger partial charge >= 0.3 is 0 Å². The van der Waals surface area contributed by atoms with Gasteiger partial charge in [0.25, 0.3) is 0 Å². The molecule has 0 spiro atoms. The lowest BCUT2D eigenvalue weighted by atomic mass is 9.98. The highest BCUT2D eigenvalue weighted by atomic mass is 79.9. The molecule has 0 bridgehead atoms. The van der Waals surface area contributed by atoms with Gasteiger partial charge in [-0.15, -0.1) is 11.3 Å². The molecule has 0 radical (unpaired) electrons. The van der Waals surface area contributed by atoms with Gasteiger partial charge < -0.3 is 0 Å². The van der Waals surface area contributed by atoms with Gasteiger partial charge in [0.05, 0.1) is 9.48 Å². The number of rotatable bonds is 3. The second-order valence-corrected chi connectivity index (χ2v) is 6.63. The van der Waals surface area contributed by atoms with E-state index in [1.807, 2.05) is 6.92 Å². The maximum absolute atomic E-state index is 4.55. The van der Waals surface area contributed by atoms with E-state index in [9.17, 15) is 0 Å². The molecular weight excluding hydrogens is 294 g/mol. The van der Waals surface area contributed by atoms with Gasteiger partial charge in [-0.05, 0) is 40.8 Å². The highest BCUT2D eigenvalue weighted by Crippen LogP contribution is 2.32. The summed E-state index contributed by atoms with van der Waals surface area (Å²) in [4.78, 5) is 4.55. The number of halogens is 1. The minimum Gasteiger partial charge on any atom is -0.240 e. The Bertz CT molecular complexity index is 482. The van der Waals surface area contributed by atoms with Crippen molar-refractivity contribution in [3.8, 4) is 10.6 Å². The molecule has 1 aromatic carbocycles. The van der Waals surface area contributed by atoms with Crippen LogP contribution in [0.25, 0.3) is 10.6 Å². The molecule has 1 aromatic heterocycles. The van der Waals surface area contributed by atoms with Crippen molar-refractivity contribution in [1.29, 1.82) is 0 Å². The zero-order valence-electron chi connectivity index (χ0n) is 10.3. The van der Waals surface area contributed by atoms with Crippen molar-refractivity contribution in [2.24, 2.45) is 0 Å². The molecule has 0 saturated carbocycles. The number of hydrogen-bond acceptors (Lipinski definition) is 2. The van der Waals surface area contributed by atoms with Gasteiger partial charge in [-0.25, -0.2) is 4.98 Å². The molecule has 1 unspecified atom stereocenters. The third kappa shape index (κ3) is 2.78. The van der Waals surface area contributed by atoms with Gasteiger partial charge in [0.2, 0.25) is 0 Å². The number of aryl methyl sites for hydroxylation is 1. The lowest BCUT2D eigenvalue weighted by Crippen LogP contribution is -1.90. The summed E-state index contributed by atoms with van der Waals surface area (Å²) in [5.74, 6) is 0.633.